The highest BCUT2D eigenvalue weighted by molar-refractivity contribution is 6.32. The Morgan fingerprint density at radius 3 is 2.55 bits per heavy atom. The van der Waals surface area contributed by atoms with Crippen molar-refractivity contribution in [2.24, 2.45) is 5.41 Å². The highest BCUT2D eigenvalue weighted by atomic mass is 35.5. The van der Waals surface area contributed by atoms with Gasteiger partial charge in [0.15, 0.2) is 0 Å². The molecule has 4 heteroatoms. The zero-order valence-electron chi connectivity index (χ0n) is 12.7. The number of carbonyl (C=O) groups excluding carboxylic acids is 1. The van der Waals surface area contributed by atoms with E-state index >= 15 is 0 Å². The second-order valence-electron chi connectivity index (χ2n) is 5.81. The van der Waals surface area contributed by atoms with Crippen LogP contribution in [-0.2, 0) is 16.0 Å². The molecule has 0 amide bonds. The summed E-state index contributed by atoms with van der Waals surface area (Å²) < 4.78 is 10.6. The Balaban J connectivity index is 2.68. The Kier molecular flexibility index (Phi) is 6.50. The zero-order valence-corrected chi connectivity index (χ0v) is 13.4. The van der Waals surface area contributed by atoms with Crippen LogP contribution in [0.1, 0.15) is 32.8 Å². The molecule has 1 rings (SSSR count). The molecule has 1 aromatic rings. The zero-order chi connectivity index (χ0) is 15.2. The van der Waals surface area contributed by atoms with Crippen LogP contribution >= 0.6 is 11.6 Å². The molecule has 0 saturated carbocycles. The number of methoxy groups -OCH3 is 1. The quantitative estimate of drug-likeness (QED) is 0.716. The van der Waals surface area contributed by atoms with Crippen LogP contribution in [0.4, 0.5) is 0 Å². The number of benzene rings is 1. The summed E-state index contributed by atoms with van der Waals surface area (Å²) in [7, 11) is 1.66. The minimum absolute atomic E-state index is 0.199. The van der Waals surface area contributed by atoms with Crippen molar-refractivity contribution in [2.75, 3.05) is 20.3 Å². The molecule has 0 aliphatic carbocycles. The van der Waals surface area contributed by atoms with E-state index in [0.717, 1.165) is 12.0 Å². The summed E-state index contributed by atoms with van der Waals surface area (Å²) in [5.74, 6) is 0.826. The molecule has 0 atom stereocenters. The molecule has 0 unspecified atom stereocenters. The first-order valence-electron chi connectivity index (χ1n) is 6.78. The minimum atomic E-state index is -0.334. The third-order valence-corrected chi connectivity index (χ3v) is 3.26. The summed E-state index contributed by atoms with van der Waals surface area (Å²) >= 11 is 6.09. The predicted molar refractivity (Wildman–Crippen MR) is 81.6 cm³/mol. The first-order valence-corrected chi connectivity index (χ1v) is 7.16. The average Bonchev–Trinajstić information content (AvgIpc) is 2.37. The van der Waals surface area contributed by atoms with Gasteiger partial charge in [0.1, 0.15) is 11.5 Å². The molecule has 0 N–H and O–H groups in total. The van der Waals surface area contributed by atoms with Gasteiger partial charge in [-0.2, -0.15) is 0 Å². The highest BCUT2D eigenvalue weighted by Crippen LogP contribution is 2.27. The van der Waals surface area contributed by atoms with Crippen LogP contribution in [0, 0.1) is 5.41 Å². The van der Waals surface area contributed by atoms with E-state index in [1.807, 2.05) is 32.9 Å². The molecule has 3 nitrogen and oxygen atoms in total. The lowest BCUT2D eigenvalue weighted by atomic mass is 9.87. The van der Waals surface area contributed by atoms with Gasteiger partial charge in [-0.05, 0) is 17.7 Å². The molecular formula is C16H23ClO3. The maximum Gasteiger partial charge on any atom is 0.142 e. The maximum absolute atomic E-state index is 12.0. The van der Waals surface area contributed by atoms with Crippen molar-refractivity contribution in [1.82, 2.24) is 0 Å². The summed E-state index contributed by atoms with van der Waals surface area (Å²) in [5.41, 5.74) is 0.593. The minimum Gasteiger partial charge on any atom is -0.492 e. The third-order valence-electron chi connectivity index (χ3n) is 2.95. The second kappa shape index (κ2) is 7.65. The van der Waals surface area contributed by atoms with Crippen molar-refractivity contribution in [2.45, 2.75) is 33.6 Å². The number of hydrogen-bond acceptors (Lipinski definition) is 3. The number of ether oxygens (including phenoxy) is 2. The summed E-state index contributed by atoms with van der Waals surface area (Å²) in [4.78, 5) is 12.0. The lowest BCUT2D eigenvalue weighted by Gasteiger charge is -2.17. The molecule has 0 radical (unpaired) electrons. The molecule has 112 valence electrons. The highest BCUT2D eigenvalue weighted by Gasteiger charge is 2.21. The standard InChI is InChI=1S/C16H23ClO3/c1-16(2,3)15(18)11-12-6-7-13(17)14(10-12)20-9-5-8-19-4/h6-7,10H,5,8-9,11H2,1-4H3. The number of rotatable bonds is 7. The summed E-state index contributed by atoms with van der Waals surface area (Å²) in [6.45, 7) is 6.97. The van der Waals surface area contributed by atoms with Crippen LogP contribution < -0.4 is 4.74 Å². The average molecular weight is 299 g/mol. The van der Waals surface area contributed by atoms with Gasteiger partial charge in [-0.25, -0.2) is 0 Å². The molecule has 20 heavy (non-hydrogen) atoms. The fourth-order valence-corrected chi connectivity index (χ4v) is 1.78. The van der Waals surface area contributed by atoms with Gasteiger partial charge in [0.25, 0.3) is 0 Å². The van der Waals surface area contributed by atoms with Gasteiger partial charge in [0, 0.05) is 32.0 Å². The van der Waals surface area contributed by atoms with E-state index in [1.165, 1.54) is 0 Å². The van der Waals surface area contributed by atoms with E-state index in [9.17, 15) is 4.79 Å². The Hall–Kier alpha value is -1.06. The fraction of sp³-hybridized carbons (Fsp3) is 0.562. The molecule has 0 fully saturated rings. The van der Waals surface area contributed by atoms with Crippen LogP contribution in [-0.4, -0.2) is 26.1 Å². The van der Waals surface area contributed by atoms with Crippen molar-refractivity contribution in [3.8, 4) is 5.75 Å². The van der Waals surface area contributed by atoms with Crippen LogP contribution in [0.2, 0.25) is 5.02 Å². The van der Waals surface area contributed by atoms with Crippen molar-refractivity contribution >= 4 is 17.4 Å². The number of hydrogen-bond donors (Lipinski definition) is 0. The number of ketones is 1. The molecule has 0 aliphatic heterocycles. The van der Waals surface area contributed by atoms with Gasteiger partial charge in [-0.15, -0.1) is 0 Å². The molecule has 0 aliphatic rings. The number of carbonyl (C=O) groups is 1. The van der Waals surface area contributed by atoms with Gasteiger partial charge in [-0.1, -0.05) is 38.4 Å². The molecule has 0 saturated heterocycles. The van der Waals surface area contributed by atoms with Crippen molar-refractivity contribution in [3.63, 3.8) is 0 Å². The number of halogens is 1. The van der Waals surface area contributed by atoms with Crippen molar-refractivity contribution in [1.29, 1.82) is 0 Å². The smallest absolute Gasteiger partial charge is 0.142 e. The fourth-order valence-electron chi connectivity index (χ4n) is 1.60. The van der Waals surface area contributed by atoms with Gasteiger partial charge >= 0.3 is 0 Å². The third kappa shape index (κ3) is 5.51. The first kappa shape index (κ1) is 17.0. The SMILES string of the molecule is COCCCOc1cc(CC(=O)C(C)(C)C)ccc1Cl. The van der Waals surface area contributed by atoms with E-state index in [0.29, 0.717) is 30.4 Å². The van der Waals surface area contributed by atoms with E-state index in [2.05, 4.69) is 0 Å². The van der Waals surface area contributed by atoms with Gasteiger partial charge in [0.05, 0.1) is 11.6 Å². The molecule has 0 heterocycles. The lowest BCUT2D eigenvalue weighted by Crippen LogP contribution is -2.22. The molecule has 0 aromatic heterocycles. The maximum atomic E-state index is 12.0. The van der Waals surface area contributed by atoms with E-state index in [-0.39, 0.29) is 11.2 Å². The molecule has 1 aromatic carbocycles. The van der Waals surface area contributed by atoms with Crippen LogP contribution in [0.15, 0.2) is 18.2 Å². The molecule has 0 bridgehead atoms. The number of Topliss-reactive ketones (excluding diaryl/α,β-unsaturated/α-hetero) is 1. The predicted octanol–water partition coefficient (Wildman–Crippen LogP) is 3.91. The van der Waals surface area contributed by atoms with Crippen LogP contribution in [0.25, 0.3) is 0 Å². The van der Waals surface area contributed by atoms with E-state index in [1.54, 1.807) is 13.2 Å². The summed E-state index contributed by atoms with van der Waals surface area (Å²) in [5, 5.41) is 0.564. The van der Waals surface area contributed by atoms with Crippen LogP contribution in [0.5, 0.6) is 5.75 Å². The second-order valence-corrected chi connectivity index (χ2v) is 6.22. The monoisotopic (exact) mass is 298 g/mol. The Bertz CT molecular complexity index is 450. The van der Waals surface area contributed by atoms with Crippen molar-refractivity contribution < 1.29 is 14.3 Å². The normalized spacial score (nSPS) is 11.4. The molecular weight excluding hydrogens is 276 g/mol. The summed E-state index contributed by atoms with van der Waals surface area (Å²) in [6, 6.07) is 5.49. The Morgan fingerprint density at radius 2 is 1.95 bits per heavy atom. The van der Waals surface area contributed by atoms with Crippen LogP contribution in [0.3, 0.4) is 0 Å². The lowest BCUT2D eigenvalue weighted by molar-refractivity contribution is -0.125. The topological polar surface area (TPSA) is 35.5 Å². The summed E-state index contributed by atoms with van der Waals surface area (Å²) in [6.07, 6.45) is 1.20. The first-order chi connectivity index (χ1) is 9.34. The Morgan fingerprint density at radius 1 is 1.25 bits per heavy atom. The van der Waals surface area contributed by atoms with Gasteiger partial charge in [0.2, 0.25) is 0 Å². The van der Waals surface area contributed by atoms with E-state index in [4.69, 9.17) is 21.1 Å². The molecule has 0 spiro atoms. The largest absolute Gasteiger partial charge is 0.492 e. The Labute approximate surface area is 126 Å². The van der Waals surface area contributed by atoms with E-state index < -0.39 is 0 Å². The van der Waals surface area contributed by atoms with Crippen molar-refractivity contribution in [3.05, 3.63) is 28.8 Å². The van der Waals surface area contributed by atoms with Gasteiger partial charge < -0.3 is 9.47 Å². The van der Waals surface area contributed by atoms with Gasteiger partial charge in [-0.3, -0.25) is 4.79 Å².